The molecule has 3 nitrogen and oxygen atoms in total. The van der Waals surface area contributed by atoms with Gasteiger partial charge in [0.1, 0.15) is 0 Å². The number of carbonyl (C=O) groups is 1. The fourth-order valence-corrected chi connectivity index (χ4v) is 9.15. The van der Waals surface area contributed by atoms with Crippen molar-refractivity contribution in [3.05, 3.63) is 191 Å². The van der Waals surface area contributed by atoms with Gasteiger partial charge in [0.15, 0.2) is 5.78 Å². The number of benzene rings is 7. The van der Waals surface area contributed by atoms with Gasteiger partial charge >= 0.3 is 0 Å². The number of hydrogen-bond donors (Lipinski definition) is 0. The molecule has 1 heterocycles. The topological polar surface area (TPSA) is 25.2 Å². The maximum absolute atomic E-state index is 14.0. The second-order valence-corrected chi connectivity index (χ2v) is 15.4. The van der Waals surface area contributed by atoms with Crippen LogP contribution in [-0.2, 0) is 10.8 Å². The summed E-state index contributed by atoms with van der Waals surface area (Å²) < 4.78 is 2.32. The molecule has 3 heteroatoms. The molecule has 2 aliphatic rings. The lowest BCUT2D eigenvalue weighted by Gasteiger charge is -2.34. The highest BCUT2D eigenvalue weighted by Crippen LogP contribution is 2.51. The van der Waals surface area contributed by atoms with Crippen molar-refractivity contribution in [2.75, 3.05) is 4.90 Å². The van der Waals surface area contributed by atoms with Crippen LogP contribution in [0.2, 0.25) is 0 Å². The van der Waals surface area contributed by atoms with Gasteiger partial charge < -0.3 is 9.47 Å². The zero-order valence-electron chi connectivity index (χ0n) is 29.8. The minimum atomic E-state index is -0.273. The van der Waals surface area contributed by atoms with Crippen molar-refractivity contribution < 1.29 is 4.79 Å². The van der Waals surface area contributed by atoms with Gasteiger partial charge in [-0.3, -0.25) is 4.79 Å². The molecule has 10 rings (SSSR count). The summed E-state index contributed by atoms with van der Waals surface area (Å²) in [5.74, 6) is 0.0916. The molecule has 1 aromatic heterocycles. The molecule has 2 aliphatic carbocycles. The first-order valence-corrected chi connectivity index (χ1v) is 18.2. The maximum atomic E-state index is 14.0. The van der Waals surface area contributed by atoms with Crippen molar-refractivity contribution in [2.45, 2.75) is 38.5 Å². The summed E-state index contributed by atoms with van der Waals surface area (Å²) in [6.45, 7) is 9.11. The van der Waals surface area contributed by atoms with Crippen LogP contribution in [0.25, 0.3) is 38.6 Å². The lowest BCUT2D eigenvalue weighted by atomic mass is 9.68. The second-order valence-electron chi connectivity index (χ2n) is 15.4. The molecule has 0 unspecified atom stereocenters. The number of fused-ring (bicyclic) bond motifs is 8. The maximum Gasteiger partial charge on any atom is 0.193 e. The van der Waals surface area contributed by atoms with Crippen molar-refractivity contribution in [3.8, 4) is 16.8 Å². The van der Waals surface area contributed by atoms with Crippen LogP contribution in [-0.4, -0.2) is 10.4 Å². The van der Waals surface area contributed by atoms with Crippen LogP contribution in [0.15, 0.2) is 158 Å². The average Bonchev–Trinajstić information content (AvgIpc) is 3.62. The third kappa shape index (κ3) is 4.23. The Labute approximate surface area is 304 Å². The first-order chi connectivity index (χ1) is 25.2. The Morgan fingerprint density at radius 3 is 1.81 bits per heavy atom. The van der Waals surface area contributed by atoms with E-state index in [2.05, 4.69) is 177 Å². The number of rotatable bonds is 4. The van der Waals surface area contributed by atoms with Gasteiger partial charge in [-0.05, 0) is 94.0 Å². The van der Waals surface area contributed by atoms with E-state index in [0.29, 0.717) is 0 Å². The Balaban J connectivity index is 1.15. The van der Waals surface area contributed by atoms with Crippen LogP contribution >= 0.6 is 0 Å². The number of carbonyl (C=O) groups excluding carboxylic acids is 1. The highest BCUT2D eigenvalue weighted by Gasteiger charge is 2.37. The van der Waals surface area contributed by atoms with Crippen LogP contribution in [0.4, 0.5) is 17.1 Å². The second kappa shape index (κ2) is 10.9. The van der Waals surface area contributed by atoms with Crippen LogP contribution in [0.5, 0.6) is 0 Å². The van der Waals surface area contributed by atoms with E-state index in [4.69, 9.17) is 0 Å². The minimum Gasteiger partial charge on any atom is -0.310 e. The van der Waals surface area contributed by atoms with Crippen molar-refractivity contribution in [3.63, 3.8) is 0 Å². The zero-order chi connectivity index (χ0) is 35.4. The van der Waals surface area contributed by atoms with Crippen LogP contribution in [0.3, 0.4) is 0 Å². The van der Waals surface area contributed by atoms with Crippen LogP contribution < -0.4 is 4.90 Å². The van der Waals surface area contributed by atoms with Gasteiger partial charge in [0.2, 0.25) is 0 Å². The Bertz CT molecular complexity index is 2770. The molecule has 0 saturated heterocycles. The van der Waals surface area contributed by atoms with E-state index in [-0.39, 0.29) is 16.6 Å². The number of nitrogens with zero attached hydrogens (tertiary/aromatic N) is 2. The smallest absolute Gasteiger partial charge is 0.193 e. The molecule has 0 N–H and O–H groups in total. The molecule has 0 radical (unpaired) electrons. The molecular formula is C49H38N2O. The van der Waals surface area contributed by atoms with Gasteiger partial charge in [-0.15, -0.1) is 0 Å². The van der Waals surface area contributed by atoms with E-state index in [1.165, 1.54) is 27.6 Å². The van der Waals surface area contributed by atoms with Gasteiger partial charge in [-0.1, -0.05) is 125 Å². The molecule has 52 heavy (non-hydrogen) atoms. The Hall–Kier alpha value is -6.19. The Kier molecular flexibility index (Phi) is 6.42. The van der Waals surface area contributed by atoms with E-state index < -0.39 is 0 Å². The summed E-state index contributed by atoms with van der Waals surface area (Å²) in [6.07, 6.45) is 0. The highest BCUT2D eigenvalue weighted by atomic mass is 16.1. The number of hydrogen-bond acceptors (Lipinski definition) is 2. The fourth-order valence-electron chi connectivity index (χ4n) is 9.15. The molecule has 0 fully saturated rings. The van der Waals surface area contributed by atoms with Crippen molar-refractivity contribution in [2.24, 2.45) is 0 Å². The van der Waals surface area contributed by atoms with E-state index in [0.717, 1.165) is 61.4 Å². The Morgan fingerprint density at radius 1 is 0.423 bits per heavy atom. The molecular weight excluding hydrogens is 633 g/mol. The van der Waals surface area contributed by atoms with Gasteiger partial charge in [-0.25, -0.2) is 0 Å². The molecule has 0 amide bonds. The first-order valence-electron chi connectivity index (χ1n) is 18.2. The third-order valence-electron chi connectivity index (χ3n) is 11.8. The summed E-state index contributed by atoms with van der Waals surface area (Å²) in [5.41, 5.74) is 15.2. The van der Waals surface area contributed by atoms with E-state index >= 15 is 0 Å². The monoisotopic (exact) mass is 670 g/mol. The fraction of sp³-hybridized carbons (Fsp3) is 0.122. The zero-order valence-corrected chi connectivity index (χ0v) is 29.8. The number of anilines is 3. The summed E-state index contributed by atoms with van der Waals surface area (Å²) in [5, 5.41) is 2.34. The van der Waals surface area contributed by atoms with E-state index in [1.807, 2.05) is 18.2 Å². The molecule has 7 aromatic carbocycles. The molecule has 0 bridgehead atoms. The van der Waals surface area contributed by atoms with Gasteiger partial charge in [0, 0.05) is 55.5 Å². The SMILES string of the molecule is CC1(C)c2ccccc2C(=O)c2cc(-n3c4ccccc4c4cc(N(c5ccccc5)c5ccc6c(c5)C(C)(C)c5ccccc5-6)ccc43)ccc21. The molecule has 0 saturated carbocycles. The largest absolute Gasteiger partial charge is 0.310 e. The summed E-state index contributed by atoms with van der Waals surface area (Å²) in [7, 11) is 0. The van der Waals surface area contributed by atoms with Gasteiger partial charge in [0.25, 0.3) is 0 Å². The number of ketones is 1. The standard InChI is InChI=1S/C49H38N2O/c1-48(2)42-20-12-9-18-38(42)47(52)40-29-33(23-26-43(40)48)51-45-21-13-10-17-37(45)39-28-32(24-27-46(39)51)50(31-14-6-5-7-15-31)34-22-25-36-35-16-8-11-19-41(35)49(3,4)44(36)30-34/h5-30H,1-4H3. The van der Waals surface area contributed by atoms with E-state index in [1.54, 1.807) is 0 Å². The highest BCUT2D eigenvalue weighted by molar-refractivity contribution is 6.14. The summed E-state index contributed by atoms with van der Waals surface area (Å²) >= 11 is 0. The van der Waals surface area contributed by atoms with Crippen molar-refractivity contribution in [1.29, 1.82) is 0 Å². The van der Waals surface area contributed by atoms with Crippen molar-refractivity contribution in [1.82, 2.24) is 4.57 Å². The predicted molar refractivity (Wildman–Crippen MR) is 215 cm³/mol. The molecule has 250 valence electrons. The van der Waals surface area contributed by atoms with Gasteiger partial charge in [-0.2, -0.15) is 0 Å². The first kappa shape index (κ1) is 30.6. The van der Waals surface area contributed by atoms with Crippen LogP contribution in [0, 0.1) is 0 Å². The molecule has 8 aromatic rings. The number of aromatic nitrogens is 1. The Morgan fingerprint density at radius 2 is 1.00 bits per heavy atom. The average molecular weight is 671 g/mol. The van der Waals surface area contributed by atoms with Crippen molar-refractivity contribution >= 4 is 44.7 Å². The summed E-state index contributed by atoms with van der Waals surface area (Å²) in [6, 6.07) is 56.4. The lowest BCUT2D eigenvalue weighted by Crippen LogP contribution is -2.30. The number of para-hydroxylation sites is 2. The van der Waals surface area contributed by atoms with Crippen LogP contribution in [0.1, 0.15) is 65.9 Å². The lowest BCUT2D eigenvalue weighted by molar-refractivity contribution is 0.103. The summed E-state index contributed by atoms with van der Waals surface area (Å²) in [4.78, 5) is 16.4. The normalized spacial score (nSPS) is 14.9. The predicted octanol–water partition coefficient (Wildman–Crippen LogP) is 12.4. The quantitative estimate of drug-likeness (QED) is 0.186. The van der Waals surface area contributed by atoms with Gasteiger partial charge in [0.05, 0.1) is 11.0 Å². The van der Waals surface area contributed by atoms with E-state index in [9.17, 15) is 4.79 Å². The minimum absolute atomic E-state index is 0.0916. The molecule has 0 spiro atoms. The molecule has 0 aliphatic heterocycles. The third-order valence-corrected chi connectivity index (χ3v) is 11.8. The molecule has 0 atom stereocenters.